The van der Waals surface area contributed by atoms with Gasteiger partial charge in [-0.1, -0.05) is 23.7 Å². The van der Waals surface area contributed by atoms with Crippen LogP contribution in [0.5, 0.6) is 0 Å². The number of benzene rings is 1. The van der Waals surface area contributed by atoms with Crippen molar-refractivity contribution >= 4 is 48.5 Å². The topological polar surface area (TPSA) is 0 Å². The molecule has 1 rings (SSSR count). The Morgan fingerprint density at radius 2 is 1.67 bits per heavy atom. The number of rotatable bonds is 1. The molecule has 0 aromatic heterocycles. The highest BCUT2D eigenvalue weighted by atomic mass is 79.9. The van der Waals surface area contributed by atoms with Crippen LogP contribution >= 0.6 is 43.5 Å². The highest BCUT2D eigenvalue weighted by Crippen LogP contribution is 2.30. The lowest BCUT2D eigenvalue weighted by Gasteiger charge is -1.98. The van der Waals surface area contributed by atoms with E-state index in [9.17, 15) is 4.39 Å². The molecule has 0 N–H and O–H groups in total. The fourth-order valence-corrected chi connectivity index (χ4v) is 1.29. The lowest BCUT2D eigenvalue weighted by Crippen LogP contribution is -1.78. The molecule has 0 spiro atoms. The van der Waals surface area contributed by atoms with E-state index in [0.717, 1.165) is 5.56 Å². The third-order valence-electron chi connectivity index (χ3n) is 1.26. The van der Waals surface area contributed by atoms with E-state index in [0.29, 0.717) is 8.42 Å². The first-order chi connectivity index (χ1) is 5.61. The molecule has 4 heteroatoms. The fourth-order valence-electron chi connectivity index (χ4n) is 0.705. The van der Waals surface area contributed by atoms with E-state index in [2.05, 4.69) is 31.9 Å². The summed E-state index contributed by atoms with van der Waals surface area (Å²) in [6.07, 6.45) is 0. The molecule has 0 amide bonds. The summed E-state index contributed by atoms with van der Waals surface area (Å²) in [5, 5.41) is 0.523. The Bertz CT molecular complexity index is 301. The standard InChI is InChI=1S/C8H4Br2ClF/c9-8(10)7(11)5-1-3-6(12)4-2-5/h1-4H. The van der Waals surface area contributed by atoms with Crippen molar-refractivity contribution < 1.29 is 4.39 Å². The number of halogens is 4. The van der Waals surface area contributed by atoms with Gasteiger partial charge in [-0.05, 0) is 49.6 Å². The van der Waals surface area contributed by atoms with Gasteiger partial charge in [-0.15, -0.1) is 0 Å². The average Bonchev–Trinajstić information content (AvgIpc) is 2.04. The first kappa shape index (κ1) is 10.2. The van der Waals surface area contributed by atoms with E-state index in [1.165, 1.54) is 12.1 Å². The Labute approximate surface area is 91.7 Å². The quantitative estimate of drug-likeness (QED) is 0.717. The molecule has 0 saturated carbocycles. The summed E-state index contributed by atoms with van der Waals surface area (Å²) in [7, 11) is 0. The molecule has 0 aliphatic rings. The average molecular weight is 314 g/mol. The third-order valence-corrected chi connectivity index (χ3v) is 2.92. The molecule has 0 nitrogen and oxygen atoms in total. The van der Waals surface area contributed by atoms with Gasteiger partial charge in [0.2, 0.25) is 0 Å². The summed E-state index contributed by atoms with van der Waals surface area (Å²) < 4.78 is 13.1. The monoisotopic (exact) mass is 312 g/mol. The van der Waals surface area contributed by atoms with Crippen LogP contribution in [0, 0.1) is 5.82 Å². The normalized spacial score (nSPS) is 9.67. The van der Waals surface area contributed by atoms with E-state index < -0.39 is 0 Å². The van der Waals surface area contributed by atoms with E-state index >= 15 is 0 Å². The summed E-state index contributed by atoms with van der Waals surface area (Å²) in [6.45, 7) is 0. The van der Waals surface area contributed by atoms with E-state index in [1.54, 1.807) is 12.1 Å². The van der Waals surface area contributed by atoms with Gasteiger partial charge in [-0.25, -0.2) is 4.39 Å². The van der Waals surface area contributed by atoms with Crippen LogP contribution in [-0.4, -0.2) is 0 Å². The molecular formula is C8H4Br2ClF. The zero-order chi connectivity index (χ0) is 9.14. The van der Waals surface area contributed by atoms with Gasteiger partial charge in [0.05, 0.1) is 8.42 Å². The van der Waals surface area contributed by atoms with Crippen molar-refractivity contribution in [2.24, 2.45) is 0 Å². The third kappa shape index (κ3) is 2.57. The molecule has 0 unspecified atom stereocenters. The van der Waals surface area contributed by atoms with Crippen LogP contribution in [0.25, 0.3) is 5.03 Å². The summed E-state index contributed by atoms with van der Waals surface area (Å²) in [5.74, 6) is -0.270. The van der Waals surface area contributed by atoms with Crippen LogP contribution in [-0.2, 0) is 0 Å². The Morgan fingerprint density at radius 3 is 2.08 bits per heavy atom. The summed E-state index contributed by atoms with van der Waals surface area (Å²) >= 11 is 12.2. The van der Waals surface area contributed by atoms with Crippen LogP contribution in [0.3, 0.4) is 0 Å². The van der Waals surface area contributed by atoms with E-state index in [4.69, 9.17) is 11.6 Å². The molecule has 0 fully saturated rings. The molecule has 12 heavy (non-hydrogen) atoms. The second-order valence-electron chi connectivity index (χ2n) is 2.08. The molecule has 0 heterocycles. The Hall–Kier alpha value is 0.140. The van der Waals surface area contributed by atoms with Crippen molar-refractivity contribution in [3.05, 3.63) is 39.0 Å². The maximum Gasteiger partial charge on any atom is 0.123 e. The predicted octanol–water partition coefficient (Wildman–Crippen LogP) is 4.48. The first-order valence-electron chi connectivity index (χ1n) is 3.08. The van der Waals surface area contributed by atoms with Crippen LogP contribution in [0.1, 0.15) is 5.56 Å². The second-order valence-corrected chi connectivity index (χ2v) is 5.11. The van der Waals surface area contributed by atoms with E-state index in [-0.39, 0.29) is 5.82 Å². The molecular weight excluding hydrogens is 310 g/mol. The van der Waals surface area contributed by atoms with Crippen molar-refractivity contribution in [1.29, 1.82) is 0 Å². The lowest BCUT2D eigenvalue weighted by molar-refractivity contribution is 0.628. The summed E-state index contributed by atoms with van der Waals surface area (Å²) in [4.78, 5) is 0. The van der Waals surface area contributed by atoms with Crippen LogP contribution in [0.15, 0.2) is 27.7 Å². The zero-order valence-electron chi connectivity index (χ0n) is 5.82. The molecule has 0 atom stereocenters. The maximum atomic E-state index is 12.5. The van der Waals surface area contributed by atoms with Crippen molar-refractivity contribution in [2.75, 3.05) is 0 Å². The van der Waals surface area contributed by atoms with E-state index in [1.807, 2.05) is 0 Å². The highest BCUT2D eigenvalue weighted by molar-refractivity contribution is 9.28. The van der Waals surface area contributed by atoms with Crippen molar-refractivity contribution in [3.63, 3.8) is 0 Å². The van der Waals surface area contributed by atoms with Crippen LogP contribution in [0.4, 0.5) is 4.39 Å². The second kappa shape index (κ2) is 4.40. The predicted molar refractivity (Wildman–Crippen MR) is 57.0 cm³/mol. The van der Waals surface area contributed by atoms with Gasteiger partial charge in [0.25, 0.3) is 0 Å². The molecule has 0 saturated heterocycles. The Kier molecular flexibility index (Phi) is 3.75. The van der Waals surface area contributed by atoms with Gasteiger partial charge in [-0.2, -0.15) is 0 Å². The number of hydrogen-bond acceptors (Lipinski definition) is 0. The number of hydrogen-bond donors (Lipinski definition) is 0. The SMILES string of the molecule is Fc1ccc(C(Cl)=C(Br)Br)cc1. The van der Waals surface area contributed by atoms with Gasteiger partial charge in [0.15, 0.2) is 0 Å². The van der Waals surface area contributed by atoms with Gasteiger partial charge in [-0.3, -0.25) is 0 Å². The molecule has 0 bridgehead atoms. The van der Waals surface area contributed by atoms with Gasteiger partial charge < -0.3 is 0 Å². The molecule has 0 aliphatic heterocycles. The first-order valence-corrected chi connectivity index (χ1v) is 5.04. The Balaban J connectivity index is 3.06. The molecule has 0 aliphatic carbocycles. The van der Waals surface area contributed by atoms with Crippen molar-refractivity contribution in [1.82, 2.24) is 0 Å². The maximum absolute atomic E-state index is 12.5. The van der Waals surface area contributed by atoms with Crippen molar-refractivity contribution in [2.45, 2.75) is 0 Å². The zero-order valence-corrected chi connectivity index (χ0v) is 9.75. The summed E-state index contributed by atoms with van der Waals surface area (Å²) in [6, 6.07) is 5.95. The highest BCUT2D eigenvalue weighted by Gasteiger charge is 2.01. The minimum absolute atomic E-state index is 0.270. The lowest BCUT2D eigenvalue weighted by atomic mass is 10.2. The van der Waals surface area contributed by atoms with Gasteiger partial charge >= 0.3 is 0 Å². The van der Waals surface area contributed by atoms with Gasteiger partial charge in [0.1, 0.15) is 5.82 Å². The molecule has 1 aromatic carbocycles. The molecule has 0 radical (unpaired) electrons. The van der Waals surface area contributed by atoms with Crippen LogP contribution < -0.4 is 0 Å². The minimum atomic E-state index is -0.270. The van der Waals surface area contributed by atoms with Crippen LogP contribution in [0.2, 0.25) is 0 Å². The van der Waals surface area contributed by atoms with Gasteiger partial charge in [0, 0.05) is 0 Å². The molecule has 64 valence electrons. The van der Waals surface area contributed by atoms with Crippen molar-refractivity contribution in [3.8, 4) is 0 Å². The minimum Gasteiger partial charge on any atom is -0.207 e. The fraction of sp³-hybridized carbons (Fsp3) is 0. The smallest absolute Gasteiger partial charge is 0.123 e. The Morgan fingerprint density at radius 1 is 1.17 bits per heavy atom. The molecule has 1 aromatic rings. The summed E-state index contributed by atoms with van der Waals surface area (Å²) in [5.41, 5.74) is 0.766. The largest absolute Gasteiger partial charge is 0.207 e.